The van der Waals surface area contributed by atoms with Gasteiger partial charge in [-0.1, -0.05) is 72.3 Å². The fourth-order valence-corrected chi connectivity index (χ4v) is 6.99. The topological polar surface area (TPSA) is 74.8 Å². The molecule has 8 heteroatoms. The van der Waals surface area contributed by atoms with E-state index in [4.69, 9.17) is 11.6 Å². The van der Waals surface area contributed by atoms with Gasteiger partial charge in [0.2, 0.25) is 0 Å². The molecule has 202 valence electrons. The molecule has 6 nitrogen and oxygen atoms in total. The van der Waals surface area contributed by atoms with Gasteiger partial charge in [-0.15, -0.1) is 0 Å². The molecule has 1 aliphatic heterocycles. The minimum atomic E-state index is -0.756. The quantitative estimate of drug-likeness (QED) is 0.233. The second-order valence-corrected chi connectivity index (χ2v) is 10.9. The number of benzene rings is 4. The number of halogens is 2. The molecular weight excluding hydrogens is 543 g/mol. The molecule has 41 heavy (non-hydrogen) atoms. The molecular formula is C33H22ClFN2O4. The van der Waals surface area contributed by atoms with Gasteiger partial charge in [-0.05, 0) is 58.7 Å². The molecule has 0 N–H and O–H groups in total. The van der Waals surface area contributed by atoms with E-state index in [1.54, 1.807) is 12.1 Å². The van der Waals surface area contributed by atoms with Gasteiger partial charge in [0.05, 0.1) is 22.4 Å². The van der Waals surface area contributed by atoms with Gasteiger partial charge in [0, 0.05) is 17.4 Å². The molecule has 4 aromatic rings. The minimum absolute atomic E-state index is 0.0473. The number of rotatable bonds is 5. The molecule has 2 atom stereocenters. The van der Waals surface area contributed by atoms with Crippen molar-refractivity contribution in [3.8, 4) is 0 Å². The van der Waals surface area contributed by atoms with Crippen LogP contribution >= 0.6 is 11.6 Å². The summed E-state index contributed by atoms with van der Waals surface area (Å²) in [5, 5.41) is 1.89. The van der Waals surface area contributed by atoms with Crippen molar-refractivity contribution in [1.82, 2.24) is 10.0 Å². The molecule has 0 aromatic heterocycles. The summed E-state index contributed by atoms with van der Waals surface area (Å²) in [4.78, 5) is 55.9. The molecule has 2 bridgehead atoms. The first kappa shape index (κ1) is 25.4. The summed E-state index contributed by atoms with van der Waals surface area (Å²) in [6, 6.07) is 26.8. The average Bonchev–Trinajstić information content (AvgIpc) is 3.26. The number of Topliss-reactive ketones (excluding diaryl/α,β-unsaturated/α-hetero) is 1. The Labute approximate surface area is 239 Å². The van der Waals surface area contributed by atoms with Gasteiger partial charge in [-0.3, -0.25) is 19.2 Å². The number of carbonyl (C=O) groups excluding carboxylic acids is 4. The highest BCUT2D eigenvalue weighted by Crippen LogP contribution is 2.61. The Hall–Kier alpha value is -4.62. The van der Waals surface area contributed by atoms with E-state index < -0.39 is 47.7 Å². The van der Waals surface area contributed by atoms with Crippen molar-refractivity contribution in [3.63, 3.8) is 0 Å². The summed E-state index contributed by atoms with van der Waals surface area (Å²) in [5.74, 6) is -5.12. The summed E-state index contributed by atoms with van der Waals surface area (Å²) in [7, 11) is 0. The number of nitrogens with zero attached hydrogens (tertiary/aromatic N) is 2. The molecule has 4 aliphatic rings. The zero-order valence-corrected chi connectivity index (χ0v) is 22.3. The number of carbonyl (C=O) groups is 4. The van der Waals surface area contributed by atoms with Crippen LogP contribution in [0.15, 0.2) is 97.1 Å². The van der Waals surface area contributed by atoms with Gasteiger partial charge in [-0.25, -0.2) is 9.40 Å². The molecule has 0 radical (unpaired) electrons. The van der Waals surface area contributed by atoms with Crippen LogP contribution in [0, 0.1) is 17.7 Å². The summed E-state index contributed by atoms with van der Waals surface area (Å²) < 4.78 is 13.5. The summed E-state index contributed by atoms with van der Waals surface area (Å²) in [6.07, 6.45) is 0. The predicted molar refractivity (Wildman–Crippen MR) is 149 cm³/mol. The van der Waals surface area contributed by atoms with Crippen LogP contribution in [0.25, 0.3) is 0 Å². The van der Waals surface area contributed by atoms with Crippen LogP contribution in [0.4, 0.5) is 4.39 Å². The maximum Gasteiger partial charge on any atom is 0.274 e. The lowest BCUT2D eigenvalue weighted by Gasteiger charge is -2.45. The fourth-order valence-electron chi connectivity index (χ4n) is 6.77. The van der Waals surface area contributed by atoms with E-state index in [1.165, 1.54) is 24.3 Å². The van der Waals surface area contributed by atoms with Crippen LogP contribution in [-0.2, 0) is 9.59 Å². The van der Waals surface area contributed by atoms with Gasteiger partial charge < -0.3 is 0 Å². The first-order valence-corrected chi connectivity index (χ1v) is 13.6. The zero-order valence-electron chi connectivity index (χ0n) is 21.5. The van der Waals surface area contributed by atoms with Crippen LogP contribution in [0.1, 0.15) is 54.8 Å². The Bertz CT molecular complexity index is 1660. The van der Waals surface area contributed by atoms with Crippen LogP contribution in [0.5, 0.6) is 0 Å². The normalized spacial score (nSPS) is 21.8. The molecule has 1 fully saturated rings. The lowest BCUT2D eigenvalue weighted by atomic mass is 9.55. The highest BCUT2D eigenvalue weighted by Gasteiger charge is 2.63. The Morgan fingerprint density at radius 1 is 0.707 bits per heavy atom. The Kier molecular flexibility index (Phi) is 5.87. The number of amides is 3. The van der Waals surface area contributed by atoms with Crippen LogP contribution in [0.2, 0.25) is 5.02 Å². The Balaban J connectivity index is 1.34. The van der Waals surface area contributed by atoms with E-state index >= 15 is 0 Å². The van der Waals surface area contributed by atoms with E-state index in [1.807, 2.05) is 48.5 Å². The summed E-state index contributed by atoms with van der Waals surface area (Å²) in [6.45, 7) is -0.609. The van der Waals surface area contributed by atoms with Gasteiger partial charge >= 0.3 is 0 Å². The van der Waals surface area contributed by atoms with Gasteiger partial charge in [0.1, 0.15) is 12.4 Å². The van der Waals surface area contributed by atoms with E-state index in [9.17, 15) is 23.6 Å². The molecule has 3 amide bonds. The van der Waals surface area contributed by atoms with Crippen LogP contribution < -0.4 is 0 Å². The number of ketones is 1. The molecule has 0 unspecified atom stereocenters. The first-order chi connectivity index (χ1) is 19.9. The van der Waals surface area contributed by atoms with Gasteiger partial charge in [0.15, 0.2) is 5.78 Å². The lowest BCUT2D eigenvalue weighted by molar-refractivity contribution is -0.154. The Morgan fingerprint density at radius 2 is 1.17 bits per heavy atom. The third kappa shape index (κ3) is 3.76. The molecule has 1 heterocycles. The van der Waals surface area contributed by atoms with Crippen LogP contribution in [0.3, 0.4) is 0 Å². The fraction of sp³-hybridized carbons (Fsp3) is 0.152. The van der Waals surface area contributed by atoms with E-state index in [-0.39, 0.29) is 28.0 Å². The number of hydrazine groups is 1. The van der Waals surface area contributed by atoms with Crippen molar-refractivity contribution in [2.24, 2.45) is 11.8 Å². The van der Waals surface area contributed by atoms with Crippen molar-refractivity contribution in [2.75, 3.05) is 6.54 Å². The van der Waals surface area contributed by atoms with Crippen LogP contribution in [-0.4, -0.2) is 40.1 Å². The van der Waals surface area contributed by atoms with Crippen molar-refractivity contribution in [3.05, 3.63) is 141 Å². The predicted octanol–water partition coefficient (Wildman–Crippen LogP) is 5.61. The molecule has 8 rings (SSSR count). The summed E-state index contributed by atoms with van der Waals surface area (Å²) >= 11 is 6.35. The molecule has 3 aliphatic carbocycles. The van der Waals surface area contributed by atoms with E-state index in [0.29, 0.717) is 0 Å². The first-order valence-electron chi connectivity index (χ1n) is 13.3. The summed E-state index contributed by atoms with van der Waals surface area (Å²) in [5.41, 5.74) is 4.16. The second kappa shape index (κ2) is 9.49. The van der Waals surface area contributed by atoms with Gasteiger partial charge in [0.25, 0.3) is 17.7 Å². The Morgan fingerprint density at radius 3 is 1.66 bits per heavy atom. The van der Waals surface area contributed by atoms with E-state index in [0.717, 1.165) is 44.4 Å². The number of imide groups is 1. The third-order valence-corrected chi connectivity index (χ3v) is 8.79. The maximum atomic E-state index is 14.3. The maximum absolute atomic E-state index is 14.3. The monoisotopic (exact) mass is 564 g/mol. The van der Waals surface area contributed by atoms with Gasteiger partial charge in [-0.2, -0.15) is 5.01 Å². The zero-order chi connectivity index (χ0) is 28.4. The largest absolute Gasteiger partial charge is 0.292 e. The van der Waals surface area contributed by atoms with Crippen molar-refractivity contribution in [2.45, 2.75) is 11.8 Å². The highest BCUT2D eigenvalue weighted by molar-refractivity contribution is 6.34. The standard InChI is InChI=1S/C33H22ClFN2O4/c34-25-12-6-5-11-24(25)31(39)36(17-26(38)18-13-15-19(35)16-14-18)37-32(40)29-27-20-7-1-2-8-21(20)28(30(29)33(37)41)23-10-4-3-9-22(23)27/h1-16,27-30H,17H2/t27?,28?,29-,30+. The smallest absolute Gasteiger partial charge is 0.274 e. The molecule has 0 saturated carbocycles. The number of hydrogen-bond acceptors (Lipinski definition) is 4. The molecule has 4 aromatic carbocycles. The van der Waals surface area contributed by atoms with Crippen molar-refractivity contribution >= 4 is 35.1 Å². The number of hydrogen-bond donors (Lipinski definition) is 0. The lowest BCUT2D eigenvalue weighted by Crippen LogP contribution is -2.52. The SMILES string of the molecule is O=C(CN(C(=O)c1ccccc1Cl)N1C(=O)[C@@H]2C3c4ccccc4C(c4ccccc43)[C@@H]2C1=O)c1ccc(F)cc1. The minimum Gasteiger partial charge on any atom is -0.292 e. The second-order valence-electron chi connectivity index (χ2n) is 10.5. The van der Waals surface area contributed by atoms with Crippen molar-refractivity contribution in [1.29, 1.82) is 0 Å². The highest BCUT2D eigenvalue weighted by atomic mass is 35.5. The average molecular weight is 565 g/mol. The van der Waals surface area contributed by atoms with E-state index in [2.05, 4.69) is 0 Å². The third-order valence-electron chi connectivity index (χ3n) is 8.46. The molecule has 1 saturated heterocycles. The van der Waals surface area contributed by atoms with Crippen molar-refractivity contribution < 1.29 is 23.6 Å². The molecule has 0 spiro atoms.